The summed E-state index contributed by atoms with van der Waals surface area (Å²) < 4.78 is 2.54. The van der Waals surface area contributed by atoms with Gasteiger partial charge < -0.3 is 9.47 Å². The van der Waals surface area contributed by atoms with E-state index in [-0.39, 0.29) is 5.41 Å². The molecule has 0 saturated heterocycles. The van der Waals surface area contributed by atoms with E-state index in [4.69, 9.17) is 0 Å². The van der Waals surface area contributed by atoms with Gasteiger partial charge in [-0.25, -0.2) is 0 Å². The smallest absolute Gasteiger partial charge is 0.0754 e. The third kappa shape index (κ3) is 5.65. The lowest BCUT2D eigenvalue weighted by atomic mass is 9.65. The molecule has 0 N–H and O–H groups in total. The Morgan fingerprint density at radius 1 is 0.316 bits per heavy atom. The number of hydrogen-bond acceptors (Lipinski definition) is 1. The van der Waals surface area contributed by atoms with Crippen molar-refractivity contribution in [3.05, 3.63) is 335 Å². The van der Waals surface area contributed by atoms with Gasteiger partial charge >= 0.3 is 0 Å². The molecule has 1 aromatic heterocycles. The molecule has 12 aromatic carbocycles. The minimum Gasteiger partial charge on any atom is -0.309 e. The molecule has 0 radical (unpaired) electrons. The Morgan fingerprint density at radius 2 is 0.835 bits per heavy atom. The van der Waals surface area contributed by atoms with Crippen LogP contribution in [0.25, 0.3) is 72.0 Å². The molecule has 79 heavy (non-hydrogen) atoms. The number of fused-ring (bicyclic) bond motifs is 18. The molecule has 0 saturated carbocycles. The van der Waals surface area contributed by atoms with E-state index >= 15 is 0 Å². The number of hydrogen-bond donors (Lipinski definition) is 0. The minimum absolute atomic E-state index is 0.206. The minimum atomic E-state index is -0.584. The Kier molecular flexibility index (Phi) is 9.07. The molecule has 0 bridgehead atoms. The van der Waals surface area contributed by atoms with Gasteiger partial charge in [-0.2, -0.15) is 0 Å². The van der Waals surface area contributed by atoms with Crippen molar-refractivity contribution < 1.29 is 0 Å². The van der Waals surface area contributed by atoms with Crippen molar-refractivity contribution in [1.82, 2.24) is 4.57 Å². The van der Waals surface area contributed by atoms with Crippen LogP contribution in [-0.4, -0.2) is 4.57 Å². The second-order valence-electron chi connectivity index (χ2n) is 22.6. The number of aromatic nitrogens is 1. The maximum Gasteiger partial charge on any atom is 0.0754 e. The zero-order valence-electron chi connectivity index (χ0n) is 44.0. The third-order valence-electron chi connectivity index (χ3n) is 18.7. The molecule has 0 amide bonds. The standard InChI is InChI=1S/C77H52N2/c1-75(2)61-33-14-9-28-54(61)56-46-44-52(48-67(56)75)78(72-42-22-37-65-73(72)60-31-11-16-35-63(60)76(65,50-23-5-3-6-24-50)51-25-7-4-8-26-51)69-39-18-12-27-53(69)49-43-45-57-55-29-10-15-34-62(55)77(68(57)47-49)64-36-17-20-41-71(64)79-70-40-19-13-30-58(70)59-32-21-38-66(77)74(59)79/h3-48H,1-2H3. The normalized spacial score (nSPS) is 16.0. The number of rotatable bonds is 6. The molecule has 1 aliphatic heterocycles. The average Bonchev–Trinajstić information content (AvgIpc) is 3.05. The molecule has 1 unspecified atom stereocenters. The van der Waals surface area contributed by atoms with Gasteiger partial charge in [0.2, 0.25) is 0 Å². The van der Waals surface area contributed by atoms with Crippen LogP contribution in [0.4, 0.5) is 17.1 Å². The molecular formula is C77H52N2. The lowest BCUT2D eigenvalue weighted by Gasteiger charge is -2.39. The summed E-state index contributed by atoms with van der Waals surface area (Å²) in [7, 11) is 0. The summed E-state index contributed by atoms with van der Waals surface area (Å²) in [5.74, 6) is 0. The molecule has 17 rings (SSSR count). The first-order chi connectivity index (χ1) is 39.0. The fraction of sp³-hybridized carbons (Fsp3) is 0.0649. The molecule has 2 heteroatoms. The van der Waals surface area contributed by atoms with Crippen molar-refractivity contribution in [2.45, 2.75) is 30.1 Å². The fourth-order valence-corrected chi connectivity index (χ4v) is 15.5. The molecule has 4 aliphatic rings. The van der Waals surface area contributed by atoms with Crippen molar-refractivity contribution in [1.29, 1.82) is 0 Å². The first kappa shape index (κ1) is 44.4. The second-order valence-corrected chi connectivity index (χ2v) is 22.6. The molecule has 2 nitrogen and oxygen atoms in total. The van der Waals surface area contributed by atoms with Crippen LogP contribution in [0.3, 0.4) is 0 Å². The predicted octanol–water partition coefficient (Wildman–Crippen LogP) is 19.3. The molecular weight excluding hydrogens is 953 g/mol. The average molecular weight is 1010 g/mol. The predicted molar refractivity (Wildman–Crippen MR) is 327 cm³/mol. The Morgan fingerprint density at radius 3 is 1.61 bits per heavy atom. The lowest BCUT2D eigenvalue weighted by Crippen LogP contribution is -2.33. The number of para-hydroxylation sites is 4. The van der Waals surface area contributed by atoms with Crippen molar-refractivity contribution in [3.63, 3.8) is 0 Å². The van der Waals surface area contributed by atoms with E-state index in [0.29, 0.717) is 0 Å². The Bertz CT molecular complexity index is 4670. The fourth-order valence-electron chi connectivity index (χ4n) is 15.5. The van der Waals surface area contributed by atoms with Crippen LogP contribution in [0.5, 0.6) is 0 Å². The van der Waals surface area contributed by atoms with Gasteiger partial charge in [0.15, 0.2) is 0 Å². The van der Waals surface area contributed by atoms with E-state index < -0.39 is 10.8 Å². The van der Waals surface area contributed by atoms with Crippen LogP contribution in [-0.2, 0) is 16.2 Å². The van der Waals surface area contributed by atoms with Gasteiger partial charge in [0.1, 0.15) is 0 Å². The van der Waals surface area contributed by atoms with Gasteiger partial charge in [-0.3, -0.25) is 0 Å². The molecule has 1 spiro atoms. The van der Waals surface area contributed by atoms with Crippen LogP contribution < -0.4 is 4.90 Å². The quantitative estimate of drug-likeness (QED) is 0.161. The Labute approximate surface area is 460 Å². The van der Waals surface area contributed by atoms with Gasteiger partial charge in [0.05, 0.1) is 38.9 Å². The van der Waals surface area contributed by atoms with Crippen molar-refractivity contribution in [2.24, 2.45) is 0 Å². The highest BCUT2D eigenvalue weighted by atomic mass is 15.1. The van der Waals surface area contributed by atoms with Crippen molar-refractivity contribution in [2.75, 3.05) is 4.90 Å². The first-order valence-corrected chi connectivity index (χ1v) is 27.8. The molecule has 3 aliphatic carbocycles. The second kappa shape index (κ2) is 16.1. The molecule has 370 valence electrons. The monoisotopic (exact) mass is 1000 g/mol. The van der Waals surface area contributed by atoms with Gasteiger partial charge in [0.25, 0.3) is 0 Å². The maximum absolute atomic E-state index is 2.60. The topological polar surface area (TPSA) is 8.17 Å². The van der Waals surface area contributed by atoms with E-state index in [0.717, 1.165) is 22.6 Å². The molecule has 13 aromatic rings. The van der Waals surface area contributed by atoms with E-state index in [1.54, 1.807) is 0 Å². The Hall–Kier alpha value is -9.76. The summed E-state index contributed by atoms with van der Waals surface area (Å²) in [5.41, 5.74) is 28.8. The van der Waals surface area contributed by atoms with Gasteiger partial charge in [0, 0.05) is 33.0 Å². The van der Waals surface area contributed by atoms with Crippen LogP contribution in [0.2, 0.25) is 0 Å². The zero-order chi connectivity index (χ0) is 52.2. The summed E-state index contributed by atoms with van der Waals surface area (Å²) in [4.78, 5) is 2.60. The van der Waals surface area contributed by atoms with Crippen LogP contribution >= 0.6 is 0 Å². The number of nitrogens with zero attached hydrogens (tertiary/aromatic N) is 2. The summed E-state index contributed by atoms with van der Waals surface area (Å²) in [6.07, 6.45) is 0. The largest absolute Gasteiger partial charge is 0.309 e. The summed E-state index contributed by atoms with van der Waals surface area (Å²) >= 11 is 0. The summed E-state index contributed by atoms with van der Waals surface area (Å²) in [6, 6.07) is 106. The van der Waals surface area contributed by atoms with E-state index in [1.807, 2.05) is 0 Å². The van der Waals surface area contributed by atoms with Crippen molar-refractivity contribution >= 4 is 38.9 Å². The highest BCUT2D eigenvalue weighted by molar-refractivity contribution is 6.13. The SMILES string of the molecule is CC1(C)c2ccccc2-c2ccc(N(c3ccccc3-c3ccc4c(c3)C3(c5ccccc5-4)c4ccccc4-n4c5ccccc5c5cccc3c54)c3cccc4c3-c3ccccc3C4(c3ccccc3)c3ccccc3)cc21. The van der Waals surface area contributed by atoms with Crippen LogP contribution in [0.15, 0.2) is 279 Å². The van der Waals surface area contributed by atoms with Crippen LogP contribution in [0, 0.1) is 0 Å². The summed E-state index contributed by atoms with van der Waals surface area (Å²) in [5, 5.41) is 2.56. The molecule has 1 atom stereocenters. The van der Waals surface area contributed by atoms with E-state index in [1.165, 1.54) is 122 Å². The van der Waals surface area contributed by atoms with E-state index in [2.05, 4.69) is 302 Å². The van der Waals surface area contributed by atoms with Crippen LogP contribution in [0.1, 0.15) is 69.5 Å². The molecule has 0 fully saturated rings. The highest BCUT2D eigenvalue weighted by Crippen LogP contribution is 2.64. The van der Waals surface area contributed by atoms with Gasteiger partial charge in [-0.15, -0.1) is 0 Å². The first-order valence-electron chi connectivity index (χ1n) is 27.8. The van der Waals surface area contributed by atoms with Crippen molar-refractivity contribution in [3.8, 4) is 50.2 Å². The lowest BCUT2D eigenvalue weighted by molar-refractivity contribution is 0.660. The number of anilines is 3. The van der Waals surface area contributed by atoms with E-state index in [9.17, 15) is 0 Å². The highest BCUT2D eigenvalue weighted by Gasteiger charge is 2.52. The summed E-state index contributed by atoms with van der Waals surface area (Å²) in [6.45, 7) is 4.79. The third-order valence-corrected chi connectivity index (χ3v) is 18.7. The van der Waals surface area contributed by atoms with Gasteiger partial charge in [-0.05, 0) is 131 Å². The van der Waals surface area contributed by atoms with Gasteiger partial charge in [-0.1, -0.05) is 250 Å². The molecule has 2 heterocycles. The zero-order valence-corrected chi connectivity index (χ0v) is 44.0. The maximum atomic E-state index is 2.60. The Balaban J connectivity index is 0.946. The number of benzene rings is 12.